The maximum Gasteiger partial charge on any atom is 0.258 e. The van der Waals surface area contributed by atoms with Crippen molar-refractivity contribution >= 4 is 16.6 Å². The van der Waals surface area contributed by atoms with E-state index in [0.717, 1.165) is 9.20 Å². The molecule has 0 amide bonds. The summed E-state index contributed by atoms with van der Waals surface area (Å²) < 4.78 is 77.6. The second-order valence-corrected chi connectivity index (χ2v) is 9.09. The number of fused-ring (bicyclic) bond motifs is 2. The van der Waals surface area contributed by atoms with Gasteiger partial charge in [-0.25, -0.2) is 27.2 Å². The predicted molar refractivity (Wildman–Crippen MR) is 124 cm³/mol. The van der Waals surface area contributed by atoms with Crippen LogP contribution < -0.4 is 10.4 Å². The number of ether oxygens (including phenoxy) is 2. The monoisotopic (exact) mass is 521 g/mol. The molecule has 1 N–H and O–H groups in total. The number of likely N-dealkylation sites (tertiary alicyclic amines) is 1. The molecule has 2 saturated heterocycles. The van der Waals surface area contributed by atoms with Crippen LogP contribution in [-0.4, -0.2) is 92.6 Å². The number of hydrogen-bond acceptors (Lipinski definition) is 7. The fourth-order valence-corrected chi connectivity index (χ4v) is 4.82. The number of alkyl halides is 3. The summed E-state index contributed by atoms with van der Waals surface area (Å²) in [7, 11) is 1.34. The first-order valence-electron chi connectivity index (χ1n) is 12.3. The van der Waals surface area contributed by atoms with Gasteiger partial charge in [-0.05, 0) is 24.1 Å². The zero-order chi connectivity index (χ0) is 26.6. The fourth-order valence-electron chi connectivity index (χ4n) is 4.82. The molecule has 2 fully saturated rings. The number of benzene rings is 1. The van der Waals surface area contributed by atoms with Crippen molar-refractivity contribution in [1.29, 1.82) is 0 Å². The molecule has 1 aromatic carbocycles. The molecule has 0 aliphatic carbocycles. The number of aromatic amines is 1. The topological polar surface area (TPSA) is 97.9 Å². The van der Waals surface area contributed by atoms with Crippen LogP contribution >= 0.6 is 0 Å². The van der Waals surface area contributed by atoms with Gasteiger partial charge in [0.25, 0.3) is 6.43 Å². The van der Waals surface area contributed by atoms with Crippen molar-refractivity contribution < 1.29 is 28.4 Å². The first kappa shape index (κ1) is 22.7. The van der Waals surface area contributed by atoms with Crippen LogP contribution in [0.2, 0.25) is 0 Å². The predicted octanol–water partition coefficient (Wildman–Crippen LogP) is 2.20. The molecule has 0 spiro atoms. The highest BCUT2D eigenvalue weighted by Gasteiger charge is 2.35. The highest BCUT2D eigenvalue weighted by Crippen LogP contribution is 2.34. The lowest BCUT2D eigenvalue weighted by Gasteiger charge is -2.41. The average molecular weight is 521 g/mol. The van der Waals surface area contributed by atoms with E-state index in [1.807, 2.05) is 0 Å². The van der Waals surface area contributed by atoms with Crippen molar-refractivity contribution in [2.75, 3.05) is 33.4 Å². The molecule has 2 aliphatic heterocycles. The maximum absolute atomic E-state index is 15.5. The molecular weight excluding hydrogens is 496 g/mol. The maximum atomic E-state index is 15.5. The van der Waals surface area contributed by atoms with Crippen molar-refractivity contribution in [3.63, 3.8) is 0 Å². The third-order valence-electron chi connectivity index (χ3n) is 6.78. The summed E-state index contributed by atoms with van der Waals surface area (Å²) in [5, 5.41) is 10.4. The van der Waals surface area contributed by atoms with Crippen LogP contribution in [0.4, 0.5) is 17.6 Å². The Morgan fingerprint density at radius 1 is 1.35 bits per heavy atom. The van der Waals surface area contributed by atoms with Crippen LogP contribution in [0.25, 0.3) is 27.7 Å². The van der Waals surface area contributed by atoms with E-state index in [1.54, 1.807) is 6.07 Å². The average Bonchev–Trinajstić information content (AvgIpc) is 3.36. The molecular formula is C23H24F4N8O2. The SMILES string of the molecule is [2H]c1c(F)c(-c2ccc3nnn(CC(F)F)c3c2)c2c(OC)nc(=N[C@H]3CCN(C4COC4)C[C@H]3F)[nH]n12. The highest BCUT2D eigenvalue weighted by atomic mass is 19.3. The standard InChI is InChI=1S/C23H24F4N8O2/c1-36-22-21-20(12-2-3-17-18(6-12)34(32-30-17)9-19(26)27)15(25)8-35(21)31-23(29-22)28-16-4-5-33(7-14(16)24)13-10-37-11-13/h2-3,6,8,13-14,16,19H,4-5,7,9-11H2,1H3,(H,28,31)/t14-,16+/m1/s1/i8D. The number of H-pyrrole nitrogens is 1. The van der Waals surface area contributed by atoms with E-state index in [-0.39, 0.29) is 46.2 Å². The van der Waals surface area contributed by atoms with Crippen LogP contribution in [-0.2, 0) is 11.3 Å². The van der Waals surface area contributed by atoms with Crippen LogP contribution in [0.15, 0.2) is 29.4 Å². The van der Waals surface area contributed by atoms with Crippen molar-refractivity contribution in [1.82, 2.24) is 34.5 Å². The number of rotatable bonds is 6. The van der Waals surface area contributed by atoms with E-state index in [0.29, 0.717) is 31.7 Å². The van der Waals surface area contributed by atoms with Crippen LogP contribution in [0, 0.1) is 5.82 Å². The van der Waals surface area contributed by atoms with Gasteiger partial charge in [0.05, 0.1) is 51.0 Å². The molecule has 2 aliphatic rings. The number of methoxy groups -OCH3 is 1. The Morgan fingerprint density at radius 3 is 2.89 bits per heavy atom. The summed E-state index contributed by atoms with van der Waals surface area (Å²) in [6.45, 7) is 1.42. The molecule has 0 unspecified atom stereocenters. The molecule has 6 rings (SSSR count). The quantitative estimate of drug-likeness (QED) is 0.391. The third kappa shape index (κ3) is 4.33. The molecule has 2 atom stereocenters. The summed E-state index contributed by atoms with van der Waals surface area (Å²) in [5.41, 5.74) is 1.01. The first-order chi connectivity index (χ1) is 18.3. The molecule has 0 radical (unpaired) electrons. The number of nitrogens with one attached hydrogen (secondary N) is 1. The number of hydrogen-bond donors (Lipinski definition) is 1. The van der Waals surface area contributed by atoms with Crippen molar-refractivity contribution in [2.24, 2.45) is 4.99 Å². The summed E-state index contributed by atoms with van der Waals surface area (Å²) in [5.74, 6) is -0.918. The zero-order valence-corrected chi connectivity index (χ0v) is 19.7. The minimum atomic E-state index is -2.65. The summed E-state index contributed by atoms with van der Waals surface area (Å²) in [6, 6.07) is 4.11. The summed E-state index contributed by atoms with van der Waals surface area (Å²) >= 11 is 0. The normalized spacial score (nSPS) is 22.2. The van der Waals surface area contributed by atoms with E-state index >= 15 is 4.39 Å². The molecule has 14 heteroatoms. The van der Waals surface area contributed by atoms with Crippen LogP contribution in [0.3, 0.4) is 0 Å². The van der Waals surface area contributed by atoms with Gasteiger partial charge in [-0.2, -0.15) is 4.98 Å². The first-order valence-corrected chi connectivity index (χ1v) is 11.8. The van der Waals surface area contributed by atoms with E-state index in [2.05, 4.69) is 30.3 Å². The highest BCUT2D eigenvalue weighted by molar-refractivity contribution is 5.89. The van der Waals surface area contributed by atoms with Gasteiger partial charge in [0, 0.05) is 13.1 Å². The fraction of sp³-hybridized carbons (Fsp3) is 0.478. The Hall–Kier alpha value is -3.52. The third-order valence-corrected chi connectivity index (χ3v) is 6.78. The van der Waals surface area contributed by atoms with Crippen molar-refractivity contribution in [2.45, 2.75) is 37.6 Å². The molecule has 37 heavy (non-hydrogen) atoms. The van der Waals surface area contributed by atoms with E-state index in [1.165, 1.54) is 19.2 Å². The molecule has 10 nitrogen and oxygen atoms in total. The van der Waals surface area contributed by atoms with E-state index in [9.17, 15) is 13.2 Å². The van der Waals surface area contributed by atoms with Gasteiger partial charge < -0.3 is 9.47 Å². The number of nitrogens with zero attached hydrogens (tertiary/aromatic N) is 7. The molecule has 196 valence electrons. The number of halogens is 4. The smallest absolute Gasteiger partial charge is 0.258 e. The van der Waals surface area contributed by atoms with Crippen molar-refractivity contribution in [3.05, 3.63) is 35.8 Å². The summed E-state index contributed by atoms with van der Waals surface area (Å²) in [6.07, 6.45) is -3.94. The second-order valence-electron chi connectivity index (χ2n) is 9.09. The Labute approximate surface area is 208 Å². The van der Waals surface area contributed by atoms with Gasteiger partial charge in [-0.15, -0.1) is 5.10 Å². The van der Waals surface area contributed by atoms with Gasteiger partial charge in [-0.3, -0.25) is 14.5 Å². The van der Waals surface area contributed by atoms with Gasteiger partial charge in [0.2, 0.25) is 11.5 Å². The largest absolute Gasteiger partial charge is 0.479 e. The number of aromatic nitrogens is 6. The van der Waals surface area contributed by atoms with Crippen LogP contribution in [0.1, 0.15) is 7.79 Å². The molecule has 3 aromatic heterocycles. The Morgan fingerprint density at radius 2 is 2.19 bits per heavy atom. The van der Waals surface area contributed by atoms with Gasteiger partial charge in [-0.1, -0.05) is 11.3 Å². The summed E-state index contributed by atoms with van der Waals surface area (Å²) in [4.78, 5) is 10.8. The van der Waals surface area contributed by atoms with E-state index < -0.39 is 37.2 Å². The van der Waals surface area contributed by atoms with Gasteiger partial charge in [0.1, 0.15) is 23.7 Å². The molecule has 0 saturated carbocycles. The van der Waals surface area contributed by atoms with Gasteiger partial charge in [0.15, 0.2) is 5.82 Å². The second kappa shape index (κ2) is 9.41. The molecule has 4 aromatic rings. The lowest BCUT2D eigenvalue weighted by atomic mass is 10.0. The van der Waals surface area contributed by atoms with Crippen LogP contribution in [0.5, 0.6) is 5.88 Å². The zero-order valence-electron chi connectivity index (χ0n) is 20.7. The van der Waals surface area contributed by atoms with Gasteiger partial charge >= 0.3 is 0 Å². The minimum Gasteiger partial charge on any atom is -0.479 e. The minimum absolute atomic E-state index is 0.00728. The molecule has 5 heterocycles. The molecule has 0 bridgehead atoms. The van der Waals surface area contributed by atoms with Crippen molar-refractivity contribution in [3.8, 4) is 17.0 Å². The Kier molecular flexibility index (Phi) is 5.76. The lowest BCUT2D eigenvalue weighted by Crippen LogP contribution is -2.55. The Bertz CT molecular complexity index is 1570. The number of piperidine rings is 1. The lowest BCUT2D eigenvalue weighted by molar-refractivity contribution is -0.0803. The van der Waals surface area contributed by atoms with E-state index in [4.69, 9.17) is 10.8 Å². The Balaban J connectivity index is 1.41.